The van der Waals surface area contributed by atoms with Gasteiger partial charge in [-0.25, -0.2) is 0 Å². The Hall–Kier alpha value is 0.140. The predicted octanol–water partition coefficient (Wildman–Crippen LogP) is 2.30. The van der Waals surface area contributed by atoms with Gasteiger partial charge in [0.1, 0.15) is 0 Å². The third-order valence-electron chi connectivity index (χ3n) is 0.982. The largest absolute Gasteiger partial charge is 0.283 e. The number of hydrogen-bond donors (Lipinski definition) is 0. The zero-order valence-corrected chi connectivity index (χ0v) is 7.23. The van der Waals surface area contributed by atoms with Crippen molar-refractivity contribution in [2.24, 2.45) is 0 Å². The summed E-state index contributed by atoms with van der Waals surface area (Å²) < 4.78 is 0.160. The molecule has 2 heteroatoms. The molecule has 0 atom stereocenters. The first kappa shape index (κ1) is 8.14. The van der Waals surface area contributed by atoms with Gasteiger partial charge in [0.2, 0.25) is 3.79 Å². The van der Waals surface area contributed by atoms with E-state index in [4.69, 9.17) is 0 Å². The molecule has 0 aromatic heterocycles. The van der Waals surface area contributed by atoms with Crippen molar-refractivity contribution < 1.29 is 4.79 Å². The lowest BCUT2D eigenvalue weighted by atomic mass is 10.2. The van der Waals surface area contributed by atoms with Gasteiger partial charge in [0, 0.05) is 28.2 Å². The van der Waals surface area contributed by atoms with E-state index in [-0.39, 0.29) is 3.79 Å². The van der Waals surface area contributed by atoms with Gasteiger partial charge in [-0.3, -0.25) is 4.79 Å². The highest BCUT2D eigenvalue weighted by atomic mass is 127. The van der Waals surface area contributed by atoms with Crippen molar-refractivity contribution in [3.8, 4) is 0 Å². The first-order valence-corrected chi connectivity index (χ1v) is 3.65. The Kier molecular flexibility index (Phi) is 4.13. The Balaban J connectivity index is 3.92. The fourth-order valence-corrected chi connectivity index (χ4v) is 1.15. The maximum Gasteiger partial charge on any atom is 0.218 e. The van der Waals surface area contributed by atoms with E-state index in [1.165, 1.54) is 0 Å². The van der Waals surface area contributed by atoms with Crippen LogP contribution in [0.15, 0.2) is 11.6 Å². The Morgan fingerprint density at radius 3 is 2.25 bits per heavy atom. The molecule has 0 amide bonds. The molecule has 0 aliphatic rings. The van der Waals surface area contributed by atoms with Crippen molar-refractivity contribution in [3.05, 3.63) is 11.6 Å². The molecule has 0 fully saturated rings. The number of hydrogen-bond acceptors (Lipinski definition) is 1. The third-order valence-corrected chi connectivity index (χ3v) is 1.67. The van der Waals surface area contributed by atoms with E-state index < -0.39 is 0 Å². The van der Waals surface area contributed by atoms with Crippen LogP contribution in [0.1, 0.15) is 20.3 Å². The molecule has 0 saturated heterocycles. The molecule has 1 nitrogen and oxygen atoms in total. The summed E-state index contributed by atoms with van der Waals surface area (Å²) in [6, 6.07) is 0. The summed E-state index contributed by atoms with van der Waals surface area (Å²) in [5.74, 6) is 0. The molecular weight excluding hydrogens is 215 g/mol. The third kappa shape index (κ3) is 2.45. The molecule has 0 spiro atoms. The smallest absolute Gasteiger partial charge is 0.218 e. The first-order chi connectivity index (χ1) is 3.72. The molecule has 0 radical (unpaired) electrons. The SMILES string of the molecule is CC=C(CC)C(=O)I. The molecule has 0 bridgehead atoms. The van der Waals surface area contributed by atoms with E-state index >= 15 is 0 Å². The summed E-state index contributed by atoms with van der Waals surface area (Å²) in [6.45, 7) is 3.86. The van der Waals surface area contributed by atoms with Crippen LogP contribution in [0, 0.1) is 0 Å². The molecule has 0 rings (SSSR count). The van der Waals surface area contributed by atoms with E-state index in [0.717, 1.165) is 12.0 Å². The zero-order valence-electron chi connectivity index (χ0n) is 5.07. The summed E-state index contributed by atoms with van der Waals surface area (Å²) in [5.41, 5.74) is 0.908. The fourth-order valence-electron chi connectivity index (χ4n) is 0.457. The highest BCUT2D eigenvalue weighted by Gasteiger charge is 1.97. The topological polar surface area (TPSA) is 17.1 Å². The molecule has 0 heterocycles. The lowest BCUT2D eigenvalue weighted by Crippen LogP contribution is -1.88. The van der Waals surface area contributed by atoms with Crippen LogP contribution in [-0.2, 0) is 4.79 Å². The van der Waals surface area contributed by atoms with E-state index in [9.17, 15) is 4.79 Å². The van der Waals surface area contributed by atoms with Gasteiger partial charge in [0.25, 0.3) is 0 Å². The molecule has 0 aliphatic carbocycles. The summed E-state index contributed by atoms with van der Waals surface area (Å²) in [7, 11) is 0. The van der Waals surface area contributed by atoms with Gasteiger partial charge < -0.3 is 0 Å². The Bertz CT molecular complexity index is 116. The standard InChI is InChI=1S/C6H9IO/c1-3-5(4-2)6(7)8/h3H,4H2,1-2H3. The number of carbonyl (C=O) groups excluding carboxylic acids is 1. The van der Waals surface area contributed by atoms with Gasteiger partial charge in [0.15, 0.2) is 0 Å². The summed E-state index contributed by atoms with van der Waals surface area (Å²) in [4.78, 5) is 10.5. The Morgan fingerprint density at radius 1 is 1.75 bits per heavy atom. The first-order valence-electron chi connectivity index (χ1n) is 2.57. The van der Waals surface area contributed by atoms with Gasteiger partial charge in [-0.15, -0.1) is 0 Å². The molecular formula is C6H9IO. The molecule has 0 saturated carbocycles. The van der Waals surface area contributed by atoms with Gasteiger partial charge in [0.05, 0.1) is 0 Å². The summed E-state index contributed by atoms with van der Waals surface area (Å²) in [5, 5.41) is 0. The van der Waals surface area contributed by atoms with Crippen molar-refractivity contribution in [3.63, 3.8) is 0 Å². The van der Waals surface area contributed by atoms with Crippen molar-refractivity contribution >= 4 is 26.4 Å². The molecule has 0 aromatic carbocycles. The summed E-state index contributed by atoms with van der Waals surface area (Å²) in [6.07, 6.45) is 2.70. The maximum absolute atomic E-state index is 10.5. The van der Waals surface area contributed by atoms with Gasteiger partial charge in [-0.1, -0.05) is 13.0 Å². The minimum Gasteiger partial charge on any atom is -0.283 e. The van der Waals surface area contributed by atoms with Crippen LogP contribution in [0.3, 0.4) is 0 Å². The molecule has 0 aromatic rings. The molecule has 0 unspecified atom stereocenters. The van der Waals surface area contributed by atoms with Crippen LogP contribution < -0.4 is 0 Å². The number of allylic oxidation sites excluding steroid dienone is 2. The van der Waals surface area contributed by atoms with E-state index in [1.807, 2.05) is 19.9 Å². The fraction of sp³-hybridized carbons (Fsp3) is 0.500. The molecule has 0 aliphatic heterocycles. The van der Waals surface area contributed by atoms with E-state index in [0.29, 0.717) is 0 Å². The minimum absolute atomic E-state index is 0.160. The quantitative estimate of drug-likeness (QED) is 0.399. The zero-order chi connectivity index (χ0) is 6.57. The lowest BCUT2D eigenvalue weighted by Gasteiger charge is -1.91. The highest BCUT2D eigenvalue weighted by Crippen LogP contribution is 2.05. The monoisotopic (exact) mass is 224 g/mol. The van der Waals surface area contributed by atoms with Crippen LogP contribution in [-0.4, -0.2) is 3.79 Å². The van der Waals surface area contributed by atoms with Crippen LogP contribution in [0.4, 0.5) is 0 Å². The van der Waals surface area contributed by atoms with Crippen LogP contribution in [0.25, 0.3) is 0 Å². The van der Waals surface area contributed by atoms with Crippen LogP contribution in [0.2, 0.25) is 0 Å². The van der Waals surface area contributed by atoms with Gasteiger partial charge in [-0.2, -0.15) is 0 Å². The van der Waals surface area contributed by atoms with E-state index in [2.05, 4.69) is 0 Å². The number of halogens is 1. The molecule has 8 heavy (non-hydrogen) atoms. The van der Waals surface area contributed by atoms with Crippen LogP contribution >= 0.6 is 22.6 Å². The van der Waals surface area contributed by atoms with Crippen LogP contribution in [0.5, 0.6) is 0 Å². The van der Waals surface area contributed by atoms with Crippen molar-refractivity contribution in [1.82, 2.24) is 0 Å². The second-order valence-corrected chi connectivity index (χ2v) is 2.42. The van der Waals surface area contributed by atoms with Crippen molar-refractivity contribution in [2.75, 3.05) is 0 Å². The average molecular weight is 224 g/mol. The Morgan fingerprint density at radius 2 is 2.25 bits per heavy atom. The number of rotatable bonds is 2. The molecule has 0 N–H and O–H groups in total. The van der Waals surface area contributed by atoms with E-state index in [1.54, 1.807) is 22.6 Å². The number of carbonyl (C=O) groups is 1. The van der Waals surface area contributed by atoms with Gasteiger partial charge in [-0.05, 0) is 13.3 Å². The maximum atomic E-state index is 10.5. The highest BCUT2D eigenvalue weighted by molar-refractivity contribution is 14.1. The lowest BCUT2D eigenvalue weighted by molar-refractivity contribution is -0.106. The Labute approximate surface area is 63.3 Å². The normalized spacial score (nSPS) is 11.6. The predicted molar refractivity (Wildman–Crippen MR) is 43.1 cm³/mol. The molecule has 46 valence electrons. The van der Waals surface area contributed by atoms with Gasteiger partial charge >= 0.3 is 0 Å². The second-order valence-electron chi connectivity index (χ2n) is 1.44. The minimum atomic E-state index is 0.160. The van der Waals surface area contributed by atoms with Crippen molar-refractivity contribution in [2.45, 2.75) is 20.3 Å². The second kappa shape index (κ2) is 4.06. The summed E-state index contributed by atoms with van der Waals surface area (Å²) >= 11 is 1.80. The average Bonchev–Trinajstić information content (AvgIpc) is 1.69. The van der Waals surface area contributed by atoms with Crippen molar-refractivity contribution in [1.29, 1.82) is 0 Å².